The fraction of sp³-hybridized carbons (Fsp3) is 0.375. The predicted molar refractivity (Wildman–Crippen MR) is 88.5 cm³/mol. The fourth-order valence-corrected chi connectivity index (χ4v) is 1.73. The Morgan fingerprint density at radius 2 is 2.00 bits per heavy atom. The van der Waals surface area contributed by atoms with Crippen LogP contribution in [0.15, 0.2) is 29.4 Å². The first-order chi connectivity index (χ1) is 10.9. The molecule has 0 aliphatic heterocycles. The van der Waals surface area contributed by atoms with Gasteiger partial charge in [0.2, 0.25) is 0 Å². The maximum Gasteiger partial charge on any atom is 0.263 e. The second-order valence-electron chi connectivity index (χ2n) is 5.28. The van der Waals surface area contributed by atoms with Crippen molar-refractivity contribution in [1.29, 1.82) is 5.41 Å². The lowest BCUT2D eigenvalue weighted by atomic mass is 10.0. The summed E-state index contributed by atoms with van der Waals surface area (Å²) < 4.78 is 0. The van der Waals surface area contributed by atoms with Crippen molar-refractivity contribution in [3.05, 3.63) is 35.4 Å². The summed E-state index contributed by atoms with van der Waals surface area (Å²) in [6.07, 6.45) is 2.28. The van der Waals surface area contributed by atoms with E-state index in [0.29, 0.717) is 5.56 Å². The molecule has 1 aromatic rings. The third-order valence-corrected chi connectivity index (χ3v) is 3.67. The molecule has 0 aromatic heterocycles. The van der Waals surface area contributed by atoms with E-state index in [-0.39, 0.29) is 30.3 Å². The first kappa shape index (κ1) is 18.3. The zero-order chi connectivity index (χ0) is 17.4. The molecule has 1 rings (SSSR count). The summed E-state index contributed by atoms with van der Waals surface area (Å²) in [5.74, 6) is -0.500. The number of rotatable bonds is 8. The van der Waals surface area contributed by atoms with E-state index in [1.807, 2.05) is 0 Å². The number of nitrogens with zero attached hydrogens (tertiary/aromatic N) is 2. The van der Waals surface area contributed by atoms with Crippen molar-refractivity contribution in [2.24, 2.45) is 16.8 Å². The monoisotopic (exact) mass is 318 g/mol. The molecule has 0 fully saturated rings. The van der Waals surface area contributed by atoms with E-state index >= 15 is 0 Å². The molecular weight excluding hydrogens is 296 g/mol. The Morgan fingerprint density at radius 3 is 2.52 bits per heavy atom. The molecule has 0 bridgehead atoms. The molecule has 23 heavy (non-hydrogen) atoms. The second-order valence-corrected chi connectivity index (χ2v) is 5.28. The first-order valence-corrected chi connectivity index (χ1v) is 7.17. The summed E-state index contributed by atoms with van der Waals surface area (Å²) in [4.78, 5) is 29.1. The van der Waals surface area contributed by atoms with Gasteiger partial charge in [0.05, 0.1) is 6.21 Å². The van der Waals surface area contributed by atoms with Crippen LogP contribution < -0.4 is 5.73 Å². The minimum absolute atomic E-state index is 0.00274. The molecule has 0 radical (unpaired) electrons. The molecule has 124 valence electrons. The summed E-state index contributed by atoms with van der Waals surface area (Å²) in [7, 11) is 1.63. The molecule has 2 atom stereocenters. The van der Waals surface area contributed by atoms with E-state index < -0.39 is 0 Å². The highest BCUT2D eigenvalue weighted by molar-refractivity contribution is 5.95. The highest BCUT2D eigenvalue weighted by Crippen LogP contribution is 2.07. The number of likely N-dealkylation sites (N-methyl/N-ethyl adjacent to an activating group) is 1. The SMILES string of the molecule is CC(C=O)C(C)N(C)C(=O)CO/N=C/c1ccc(C(=N)N)cc1. The highest BCUT2D eigenvalue weighted by atomic mass is 16.6. The summed E-state index contributed by atoms with van der Waals surface area (Å²) in [5, 5.41) is 11.0. The van der Waals surface area contributed by atoms with Crippen LogP contribution in [0.5, 0.6) is 0 Å². The molecule has 7 nitrogen and oxygen atoms in total. The number of nitrogens with two attached hydrogens (primary N) is 1. The standard InChI is InChI=1S/C16H22N4O3/c1-11(9-21)12(2)20(3)15(22)10-23-19-8-13-4-6-14(7-5-13)16(17)18/h4-9,11-12H,10H2,1-3H3,(H3,17,18)/b19-8+. The van der Waals surface area contributed by atoms with Crippen molar-refractivity contribution in [3.63, 3.8) is 0 Å². The van der Waals surface area contributed by atoms with Crippen LogP contribution in [0.25, 0.3) is 0 Å². The van der Waals surface area contributed by atoms with E-state index in [2.05, 4.69) is 5.16 Å². The second kappa shape index (κ2) is 8.67. The van der Waals surface area contributed by atoms with Gasteiger partial charge in [-0.05, 0) is 12.5 Å². The van der Waals surface area contributed by atoms with E-state index in [1.54, 1.807) is 45.2 Å². The van der Waals surface area contributed by atoms with Crippen LogP contribution >= 0.6 is 0 Å². The molecular formula is C16H22N4O3. The zero-order valence-corrected chi connectivity index (χ0v) is 13.5. The van der Waals surface area contributed by atoms with Gasteiger partial charge in [-0.15, -0.1) is 0 Å². The van der Waals surface area contributed by atoms with Crippen LogP contribution in [0.1, 0.15) is 25.0 Å². The Morgan fingerprint density at radius 1 is 1.39 bits per heavy atom. The third kappa shape index (κ3) is 5.54. The molecule has 2 unspecified atom stereocenters. The molecule has 0 saturated heterocycles. The molecule has 7 heteroatoms. The Kier molecular flexibility index (Phi) is 6.92. The van der Waals surface area contributed by atoms with Gasteiger partial charge in [-0.1, -0.05) is 36.3 Å². The number of amidine groups is 1. The quantitative estimate of drug-likeness (QED) is 0.322. The van der Waals surface area contributed by atoms with E-state index in [0.717, 1.165) is 11.8 Å². The smallest absolute Gasteiger partial charge is 0.263 e. The van der Waals surface area contributed by atoms with Crippen LogP contribution in [0.3, 0.4) is 0 Å². The minimum Gasteiger partial charge on any atom is -0.386 e. The molecule has 0 aliphatic carbocycles. The number of aldehydes is 1. The molecule has 0 saturated carbocycles. The third-order valence-electron chi connectivity index (χ3n) is 3.67. The van der Waals surface area contributed by atoms with E-state index in [4.69, 9.17) is 16.0 Å². The van der Waals surface area contributed by atoms with Crippen LogP contribution in [-0.4, -0.2) is 48.8 Å². The van der Waals surface area contributed by atoms with Gasteiger partial charge in [-0.25, -0.2) is 0 Å². The molecule has 0 aliphatic rings. The molecule has 0 spiro atoms. The Labute approximate surface area is 135 Å². The van der Waals surface area contributed by atoms with Gasteiger partial charge in [0.15, 0.2) is 6.61 Å². The number of oxime groups is 1. The number of nitrogen functional groups attached to an aromatic ring is 1. The summed E-state index contributed by atoms with van der Waals surface area (Å²) >= 11 is 0. The van der Waals surface area contributed by atoms with E-state index in [9.17, 15) is 9.59 Å². The number of hydrogen-bond acceptors (Lipinski definition) is 5. The van der Waals surface area contributed by atoms with Crippen LogP contribution in [-0.2, 0) is 14.4 Å². The molecule has 3 N–H and O–H groups in total. The van der Waals surface area contributed by atoms with Crippen LogP contribution in [0, 0.1) is 11.3 Å². The minimum atomic E-state index is -0.254. The number of nitrogens with one attached hydrogen (secondary N) is 1. The molecule has 1 aromatic carbocycles. The van der Waals surface area contributed by atoms with Gasteiger partial charge in [-0.2, -0.15) is 0 Å². The lowest BCUT2D eigenvalue weighted by Crippen LogP contribution is -2.41. The Hall–Kier alpha value is -2.70. The van der Waals surface area contributed by atoms with Gasteiger partial charge in [-0.3, -0.25) is 10.2 Å². The topological polar surface area (TPSA) is 109 Å². The lowest BCUT2D eigenvalue weighted by molar-refractivity contribution is -0.137. The number of carbonyl (C=O) groups excluding carboxylic acids is 2. The van der Waals surface area contributed by atoms with Crippen molar-refractivity contribution >= 4 is 24.2 Å². The Bertz CT molecular complexity index is 583. The van der Waals surface area contributed by atoms with Gasteiger partial charge in [0.25, 0.3) is 5.91 Å². The maximum atomic E-state index is 11.9. The number of amides is 1. The normalized spacial score (nSPS) is 13.3. The summed E-state index contributed by atoms with van der Waals surface area (Å²) in [6, 6.07) is 6.68. The lowest BCUT2D eigenvalue weighted by Gasteiger charge is -2.26. The van der Waals surface area contributed by atoms with Gasteiger partial charge in [0, 0.05) is 24.6 Å². The Balaban J connectivity index is 2.47. The van der Waals surface area contributed by atoms with Crippen molar-refractivity contribution in [2.45, 2.75) is 19.9 Å². The summed E-state index contributed by atoms with van der Waals surface area (Å²) in [5.41, 5.74) is 6.75. The van der Waals surface area contributed by atoms with Gasteiger partial charge >= 0.3 is 0 Å². The van der Waals surface area contributed by atoms with Crippen molar-refractivity contribution in [2.75, 3.05) is 13.7 Å². The summed E-state index contributed by atoms with van der Waals surface area (Å²) in [6.45, 7) is 3.36. The van der Waals surface area contributed by atoms with Crippen molar-refractivity contribution in [1.82, 2.24) is 4.90 Å². The largest absolute Gasteiger partial charge is 0.386 e. The van der Waals surface area contributed by atoms with Crippen molar-refractivity contribution in [3.8, 4) is 0 Å². The van der Waals surface area contributed by atoms with Gasteiger partial charge in [0.1, 0.15) is 12.1 Å². The molecule has 1 amide bonds. The maximum absolute atomic E-state index is 11.9. The van der Waals surface area contributed by atoms with E-state index in [1.165, 1.54) is 11.1 Å². The highest BCUT2D eigenvalue weighted by Gasteiger charge is 2.20. The predicted octanol–water partition coefficient (Wildman–Crippen LogP) is 1.00. The van der Waals surface area contributed by atoms with Crippen LogP contribution in [0.2, 0.25) is 0 Å². The average molecular weight is 318 g/mol. The number of carbonyl (C=O) groups is 2. The van der Waals surface area contributed by atoms with Crippen LogP contribution in [0.4, 0.5) is 0 Å². The molecule has 0 heterocycles. The first-order valence-electron chi connectivity index (χ1n) is 7.17. The fourth-order valence-electron chi connectivity index (χ4n) is 1.73. The number of hydrogen-bond donors (Lipinski definition) is 2. The van der Waals surface area contributed by atoms with Crippen molar-refractivity contribution < 1.29 is 14.4 Å². The van der Waals surface area contributed by atoms with Gasteiger partial charge < -0.3 is 20.3 Å². The average Bonchev–Trinajstić information content (AvgIpc) is 2.56. The zero-order valence-electron chi connectivity index (χ0n) is 13.5. The number of benzene rings is 1.